The van der Waals surface area contributed by atoms with E-state index in [2.05, 4.69) is 26.3 Å². The molecule has 100 valence electrons. The third kappa shape index (κ3) is 3.44. The summed E-state index contributed by atoms with van der Waals surface area (Å²) in [6, 6.07) is 7.88. The van der Waals surface area contributed by atoms with Crippen LogP contribution in [0.4, 0.5) is 5.69 Å². The Hall–Kier alpha value is -1.62. The van der Waals surface area contributed by atoms with E-state index < -0.39 is 0 Å². The van der Waals surface area contributed by atoms with Crippen molar-refractivity contribution in [2.75, 3.05) is 10.6 Å². The fraction of sp³-hybridized carbons (Fsp3) is 0.286. The van der Waals surface area contributed by atoms with E-state index in [9.17, 15) is 4.79 Å². The molecule has 0 unspecified atom stereocenters. The van der Waals surface area contributed by atoms with Gasteiger partial charge in [0.05, 0.1) is 11.3 Å². The van der Waals surface area contributed by atoms with Crippen LogP contribution in [-0.2, 0) is 13.5 Å². The van der Waals surface area contributed by atoms with Crippen LogP contribution in [0.2, 0.25) is 0 Å². The van der Waals surface area contributed by atoms with E-state index in [1.165, 1.54) is 5.56 Å². The van der Waals surface area contributed by atoms with Gasteiger partial charge in [-0.3, -0.25) is 9.48 Å². The van der Waals surface area contributed by atoms with Crippen LogP contribution in [0.15, 0.2) is 30.5 Å². The van der Waals surface area contributed by atoms with Crippen LogP contribution in [0.5, 0.6) is 0 Å². The minimum atomic E-state index is -0.126. The Labute approximate surface area is 120 Å². The molecule has 5 heteroatoms. The Morgan fingerprint density at radius 3 is 2.58 bits per heavy atom. The lowest BCUT2D eigenvalue weighted by Gasteiger charge is -2.05. The first-order chi connectivity index (χ1) is 9.10. The molecular weight excluding hydrogens is 306 g/mol. The summed E-state index contributed by atoms with van der Waals surface area (Å²) in [5.41, 5.74) is 3.38. The molecule has 1 aromatic heterocycles. The molecule has 0 aliphatic carbocycles. The van der Waals surface area contributed by atoms with Crippen LogP contribution in [0.1, 0.15) is 21.6 Å². The lowest BCUT2D eigenvalue weighted by molar-refractivity contribution is 0.102. The molecule has 1 N–H and O–H groups in total. The van der Waals surface area contributed by atoms with Gasteiger partial charge in [-0.05, 0) is 31.0 Å². The molecule has 19 heavy (non-hydrogen) atoms. The molecule has 1 aromatic carbocycles. The first-order valence-corrected chi connectivity index (χ1v) is 7.19. The number of hydrogen-bond acceptors (Lipinski definition) is 2. The van der Waals surface area contributed by atoms with E-state index in [4.69, 9.17) is 0 Å². The number of alkyl halides is 1. The van der Waals surface area contributed by atoms with E-state index in [0.29, 0.717) is 5.56 Å². The number of aromatic nitrogens is 2. The Balaban J connectivity index is 2.08. The molecule has 0 spiro atoms. The minimum absolute atomic E-state index is 0.126. The van der Waals surface area contributed by atoms with Gasteiger partial charge in [0, 0.05) is 24.3 Å². The van der Waals surface area contributed by atoms with Gasteiger partial charge < -0.3 is 5.32 Å². The molecule has 0 saturated carbocycles. The zero-order valence-electron chi connectivity index (χ0n) is 11.0. The standard InChI is InChI=1S/C14H16BrN3O/c1-10-13(9-18(2)17-10)14(19)16-12-5-3-11(4-6-12)7-8-15/h3-6,9H,7-8H2,1-2H3,(H,16,19). The van der Waals surface area contributed by atoms with Gasteiger partial charge in [-0.15, -0.1) is 0 Å². The third-order valence-electron chi connectivity index (χ3n) is 2.85. The highest BCUT2D eigenvalue weighted by Crippen LogP contribution is 2.13. The van der Waals surface area contributed by atoms with Crippen molar-refractivity contribution in [3.05, 3.63) is 47.3 Å². The molecule has 4 nitrogen and oxygen atoms in total. The largest absolute Gasteiger partial charge is 0.322 e. The second kappa shape index (κ2) is 6.02. The topological polar surface area (TPSA) is 46.9 Å². The maximum atomic E-state index is 12.1. The summed E-state index contributed by atoms with van der Waals surface area (Å²) in [5.74, 6) is -0.126. The molecular formula is C14H16BrN3O. The number of rotatable bonds is 4. The fourth-order valence-corrected chi connectivity index (χ4v) is 2.34. The average molecular weight is 322 g/mol. The molecule has 1 amide bonds. The second-order valence-electron chi connectivity index (χ2n) is 4.39. The van der Waals surface area contributed by atoms with Crippen molar-refractivity contribution in [3.63, 3.8) is 0 Å². The maximum absolute atomic E-state index is 12.1. The van der Waals surface area contributed by atoms with Gasteiger partial charge in [0.1, 0.15) is 0 Å². The molecule has 0 bridgehead atoms. The SMILES string of the molecule is Cc1nn(C)cc1C(=O)Nc1ccc(CCBr)cc1. The van der Waals surface area contributed by atoms with Crippen molar-refractivity contribution in [2.24, 2.45) is 7.05 Å². The quantitative estimate of drug-likeness (QED) is 0.880. The number of nitrogens with zero attached hydrogens (tertiary/aromatic N) is 2. The summed E-state index contributed by atoms with van der Waals surface area (Å²) in [7, 11) is 1.80. The predicted molar refractivity (Wildman–Crippen MR) is 79.8 cm³/mol. The molecule has 0 aliphatic rings. The normalized spacial score (nSPS) is 10.5. The zero-order valence-corrected chi connectivity index (χ0v) is 12.6. The van der Waals surface area contributed by atoms with E-state index in [1.54, 1.807) is 17.9 Å². The average Bonchev–Trinajstić information content (AvgIpc) is 2.71. The lowest BCUT2D eigenvalue weighted by atomic mass is 10.1. The summed E-state index contributed by atoms with van der Waals surface area (Å²) < 4.78 is 1.64. The van der Waals surface area contributed by atoms with Crippen molar-refractivity contribution in [2.45, 2.75) is 13.3 Å². The van der Waals surface area contributed by atoms with Crippen molar-refractivity contribution >= 4 is 27.5 Å². The molecule has 0 atom stereocenters. The highest BCUT2D eigenvalue weighted by atomic mass is 79.9. The van der Waals surface area contributed by atoms with Crippen LogP contribution in [0, 0.1) is 6.92 Å². The van der Waals surface area contributed by atoms with Gasteiger partial charge in [-0.2, -0.15) is 5.10 Å². The van der Waals surface area contributed by atoms with E-state index in [0.717, 1.165) is 23.1 Å². The monoisotopic (exact) mass is 321 g/mol. The van der Waals surface area contributed by atoms with Crippen LogP contribution in [0.3, 0.4) is 0 Å². The van der Waals surface area contributed by atoms with Crippen LogP contribution >= 0.6 is 15.9 Å². The van der Waals surface area contributed by atoms with Crippen LogP contribution < -0.4 is 5.32 Å². The smallest absolute Gasteiger partial charge is 0.259 e. The predicted octanol–water partition coefficient (Wildman–Crippen LogP) is 2.92. The summed E-state index contributed by atoms with van der Waals surface area (Å²) in [5, 5.41) is 7.98. The van der Waals surface area contributed by atoms with Crippen molar-refractivity contribution in [3.8, 4) is 0 Å². The number of halogens is 1. The molecule has 0 fully saturated rings. The first-order valence-electron chi connectivity index (χ1n) is 6.06. The number of carbonyl (C=O) groups excluding carboxylic acids is 1. The van der Waals surface area contributed by atoms with Gasteiger partial charge in [0.15, 0.2) is 0 Å². The Kier molecular flexibility index (Phi) is 4.37. The van der Waals surface area contributed by atoms with E-state index in [-0.39, 0.29) is 5.91 Å². The number of aryl methyl sites for hydroxylation is 3. The van der Waals surface area contributed by atoms with Gasteiger partial charge in [0.25, 0.3) is 5.91 Å². The highest BCUT2D eigenvalue weighted by Gasteiger charge is 2.12. The van der Waals surface area contributed by atoms with Crippen LogP contribution in [0.25, 0.3) is 0 Å². The summed E-state index contributed by atoms with van der Waals surface area (Å²) in [4.78, 5) is 12.1. The Morgan fingerprint density at radius 1 is 1.37 bits per heavy atom. The van der Waals surface area contributed by atoms with E-state index in [1.807, 2.05) is 31.2 Å². The lowest BCUT2D eigenvalue weighted by Crippen LogP contribution is -2.12. The zero-order chi connectivity index (χ0) is 13.8. The molecule has 1 heterocycles. The number of amides is 1. The molecule has 0 saturated heterocycles. The maximum Gasteiger partial charge on any atom is 0.259 e. The number of nitrogens with one attached hydrogen (secondary N) is 1. The number of hydrogen-bond donors (Lipinski definition) is 1. The second-order valence-corrected chi connectivity index (χ2v) is 5.18. The fourth-order valence-electron chi connectivity index (χ4n) is 1.88. The van der Waals surface area contributed by atoms with Crippen LogP contribution in [-0.4, -0.2) is 21.0 Å². The van der Waals surface area contributed by atoms with Gasteiger partial charge in [-0.1, -0.05) is 28.1 Å². The Bertz CT molecular complexity index is 575. The number of anilines is 1. The Morgan fingerprint density at radius 2 is 2.05 bits per heavy atom. The highest BCUT2D eigenvalue weighted by molar-refractivity contribution is 9.09. The van der Waals surface area contributed by atoms with Crippen molar-refractivity contribution in [1.29, 1.82) is 0 Å². The minimum Gasteiger partial charge on any atom is -0.322 e. The van der Waals surface area contributed by atoms with Gasteiger partial charge in [-0.25, -0.2) is 0 Å². The number of benzene rings is 1. The van der Waals surface area contributed by atoms with E-state index >= 15 is 0 Å². The molecule has 0 radical (unpaired) electrons. The first kappa shape index (κ1) is 13.8. The van der Waals surface area contributed by atoms with Crippen molar-refractivity contribution < 1.29 is 4.79 Å². The summed E-state index contributed by atoms with van der Waals surface area (Å²) in [6.07, 6.45) is 2.71. The summed E-state index contributed by atoms with van der Waals surface area (Å²) >= 11 is 3.41. The van der Waals surface area contributed by atoms with Crippen molar-refractivity contribution in [1.82, 2.24) is 9.78 Å². The molecule has 0 aliphatic heterocycles. The molecule has 2 rings (SSSR count). The van der Waals surface area contributed by atoms with Gasteiger partial charge >= 0.3 is 0 Å². The third-order valence-corrected chi connectivity index (χ3v) is 3.25. The molecule has 2 aromatic rings. The summed E-state index contributed by atoms with van der Waals surface area (Å²) in [6.45, 7) is 1.83. The number of carbonyl (C=O) groups is 1. The van der Waals surface area contributed by atoms with Gasteiger partial charge in [0.2, 0.25) is 0 Å².